The lowest BCUT2D eigenvalue weighted by molar-refractivity contribution is -0.286. The predicted octanol–water partition coefficient (Wildman–Crippen LogP) is 2.77. The number of aryl methyl sites for hydroxylation is 2. The molecule has 1 saturated heterocycles. The van der Waals surface area contributed by atoms with Crippen molar-refractivity contribution in [1.29, 1.82) is 0 Å². The Morgan fingerprint density at radius 2 is 1.88 bits per heavy atom. The standard InChI is InChI=1S/C9H8F2O2.C7H10N2O4.C6H8N2/c1-2-6-3-4-7-8(5-6)13-9(10,11)12-7;1-2-13-6(11)4-3-5(10)9(4)7(8)12;1-5-2-3-8-6(7)4-5/h3-5H,2H2,1H3;4H,2-3H2,1H3,(H2,8,12);2-4H,1H3,(H2,7,8)/t;4-;/m.0./s1. The molecule has 34 heavy (non-hydrogen) atoms. The maximum absolute atomic E-state index is 12.5. The second-order valence-corrected chi connectivity index (χ2v) is 7.13. The summed E-state index contributed by atoms with van der Waals surface area (Å²) >= 11 is 0. The Morgan fingerprint density at radius 3 is 2.38 bits per heavy atom. The number of β-lactam (4-membered cyclic amide) rings is 1. The number of rotatable bonds is 3. The third-order valence-electron chi connectivity index (χ3n) is 4.55. The van der Waals surface area contributed by atoms with Crippen molar-refractivity contribution in [2.45, 2.75) is 45.9 Å². The third-order valence-corrected chi connectivity index (χ3v) is 4.55. The van der Waals surface area contributed by atoms with Gasteiger partial charge < -0.3 is 25.7 Å². The lowest BCUT2D eigenvalue weighted by Crippen LogP contribution is -2.61. The number of pyridine rings is 1. The number of benzene rings is 1. The molecule has 2 aliphatic rings. The zero-order valence-corrected chi connectivity index (χ0v) is 18.9. The highest BCUT2D eigenvalue weighted by Gasteiger charge is 2.45. The van der Waals surface area contributed by atoms with Crippen LogP contribution in [-0.4, -0.2) is 46.7 Å². The minimum Gasteiger partial charge on any atom is -0.464 e. The molecule has 1 fully saturated rings. The zero-order chi connectivity index (χ0) is 25.5. The number of carbonyl (C=O) groups excluding carboxylic acids is 3. The summed E-state index contributed by atoms with van der Waals surface area (Å²) in [6.07, 6.45) is -1.02. The summed E-state index contributed by atoms with van der Waals surface area (Å²) in [7, 11) is 0. The van der Waals surface area contributed by atoms with Crippen LogP contribution < -0.4 is 20.9 Å². The minimum absolute atomic E-state index is 0.00176. The van der Waals surface area contributed by atoms with Gasteiger partial charge in [-0.1, -0.05) is 13.0 Å². The summed E-state index contributed by atoms with van der Waals surface area (Å²) in [6, 6.07) is 6.82. The molecule has 4 N–H and O–H groups in total. The molecule has 0 bridgehead atoms. The van der Waals surface area contributed by atoms with Crippen molar-refractivity contribution in [3.05, 3.63) is 47.7 Å². The van der Waals surface area contributed by atoms with Crippen molar-refractivity contribution in [2.75, 3.05) is 12.3 Å². The molecule has 4 rings (SSSR count). The number of anilines is 1. The van der Waals surface area contributed by atoms with Crippen LogP contribution in [0.5, 0.6) is 11.5 Å². The number of carbonyl (C=O) groups is 3. The lowest BCUT2D eigenvalue weighted by atomic mass is 10.0. The highest BCUT2D eigenvalue weighted by atomic mass is 19.3. The number of alkyl halides is 2. The van der Waals surface area contributed by atoms with Gasteiger partial charge in [-0.15, -0.1) is 8.78 Å². The van der Waals surface area contributed by atoms with Gasteiger partial charge in [0, 0.05) is 6.20 Å². The van der Waals surface area contributed by atoms with Gasteiger partial charge in [0.15, 0.2) is 11.5 Å². The van der Waals surface area contributed by atoms with Crippen molar-refractivity contribution in [2.24, 2.45) is 5.73 Å². The first kappa shape index (κ1) is 26.3. The number of likely N-dealkylation sites (tertiary alicyclic amines) is 1. The quantitative estimate of drug-likeness (QED) is 0.503. The highest BCUT2D eigenvalue weighted by Crippen LogP contribution is 2.41. The number of fused-ring (bicyclic) bond motifs is 1. The van der Waals surface area contributed by atoms with E-state index in [0.29, 0.717) is 10.7 Å². The van der Waals surface area contributed by atoms with Gasteiger partial charge in [-0.05, 0) is 55.7 Å². The molecular weight excluding hydrogens is 454 g/mol. The Labute approximate surface area is 194 Å². The number of esters is 1. The van der Waals surface area contributed by atoms with E-state index in [1.165, 1.54) is 6.07 Å². The Balaban J connectivity index is 0.000000186. The van der Waals surface area contributed by atoms with Gasteiger partial charge in [-0.3, -0.25) is 4.79 Å². The van der Waals surface area contributed by atoms with E-state index >= 15 is 0 Å². The monoisotopic (exact) mass is 480 g/mol. The first-order chi connectivity index (χ1) is 16.0. The number of imide groups is 1. The van der Waals surface area contributed by atoms with Crippen molar-refractivity contribution >= 4 is 23.7 Å². The number of amides is 3. The van der Waals surface area contributed by atoms with Crippen LogP contribution in [0.1, 0.15) is 31.4 Å². The predicted molar refractivity (Wildman–Crippen MR) is 117 cm³/mol. The summed E-state index contributed by atoms with van der Waals surface area (Å²) < 4.78 is 38.2. The maximum Gasteiger partial charge on any atom is 0.586 e. The average Bonchev–Trinajstić information content (AvgIpc) is 3.05. The molecule has 0 spiro atoms. The van der Waals surface area contributed by atoms with E-state index in [4.69, 9.17) is 11.5 Å². The number of nitrogen functional groups attached to an aromatic ring is 1. The fraction of sp³-hybridized carbons (Fsp3) is 0.364. The van der Waals surface area contributed by atoms with Crippen LogP contribution in [-0.2, 0) is 20.7 Å². The van der Waals surface area contributed by atoms with Crippen LogP contribution in [0.25, 0.3) is 0 Å². The smallest absolute Gasteiger partial charge is 0.464 e. The highest BCUT2D eigenvalue weighted by molar-refractivity contribution is 6.05. The third kappa shape index (κ3) is 7.02. The molecule has 0 saturated carbocycles. The zero-order valence-electron chi connectivity index (χ0n) is 18.9. The van der Waals surface area contributed by atoms with Crippen molar-refractivity contribution in [1.82, 2.24) is 9.88 Å². The molecular formula is C22H26F2N4O6. The first-order valence-electron chi connectivity index (χ1n) is 10.3. The van der Waals surface area contributed by atoms with Crippen LogP contribution in [0.15, 0.2) is 36.5 Å². The summed E-state index contributed by atoms with van der Waals surface area (Å²) in [5.41, 5.74) is 12.3. The molecule has 3 amide bonds. The summed E-state index contributed by atoms with van der Waals surface area (Å²) in [5.74, 6) is -0.219. The number of urea groups is 1. The van der Waals surface area contributed by atoms with E-state index in [0.717, 1.165) is 17.5 Å². The van der Waals surface area contributed by atoms with Crippen LogP contribution in [0.4, 0.5) is 19.4 Å². The normalized spacial score (nSPS) is 16.8. The van der Waals surface area contributed by atoms with Crippen LogP contribution in [0.2, 0.25) is 0 Å². The minimum atomic E-state index is -3.51. The maximum atomic E-state index is 12.5. The molecule has 184 valence electrons. The van der Waals surface area contributed by atoms with Gasteiger partial charge >= 0.3 is 18.3 Å². The molecule has 10 nitrogen and oxygen atoms in total. The van der Waals surface area contributed by atoms with Gasteiger partial charge in [0.25, 0.3) is 0 Å². The average molecular weight is 480 g/mol. The SMILES string of the molecule is CCOC(=O)[C@@H]1CC(=O)N1C(N)=O.CCc1ccc2c(c1)OC(F)(F)O2.Cc1ccnc(N)c1. The molecule has 0 unspecified atom stereocenters. The Hall–Kier alpha value is -3.96. The number of ether oxygens (including phenoxy) is 3. The van der Waals surface area contributed by atoms with Crippen LogP contribution in [0.3, 0.4) is 0 Å². The van der Waals surface area contributed by atoms with E-state index in [1.54, 1.807) is 25.3 Å². The van der Waals surface area contributed by atoms with Gasteiger partial charge in [0.2, 0.25) is 5.91 Å². The Bertz CT molecular complexity index is 1020. The van der Waals surface area contributed by atoms with Crippen molar-refractivity contribution in [3.63, 3.8) is 0 Å². The molecule has 2 aromatic rings. The second kappa shape index (κ2) is 11.3. The summed E-state index contributed by atoms with van der Waals surface area (Å²) in [6.45, 7) is 5.79. The number of hydrogen-bond donors (Lipinski definition) is 2. The van der Waals surface area contributed by atoms with E-state index in [1.807, 2.05) is 26.0 Å². The van der Waals surface area contributed by atoms with Crippen molar-refractivity contribution in [3.8, 4) is 11.5 Å². The van der Waals surface area contributed by atoms with E-state index in [2.05, 4.69) is 19.2 Å². The number of nitrogens with two attached hydrogens (primary N) is 2. The number of aromatic nitrogens is 1. The molecule has 2 aliphatic heterocycles. The molecule has 12 heteroatoms. The Kier molecular flexibility index (Phi) is 8.70. The van der Waals surface area contributed by atoms with E-state index in [9.17, 15) is 23.2 Å². The second-order valence-electron chi connectivity index (χ2n) is 7.13. The number of primary amides is 1. The van der Waals surface area contributed by atoms with E-state index < -0.39 is 30.2 Å². The van der Waals surface area contributed by atoms with Gasteiger partial charge in [-0.25, -0.2) is 19.5 Å². The first-order valence-corrected chi connectivity index (χ1v) is 10.3. The Morgan fingerprint density at radius 1 is 1.21 bits per heavy atom. The fourth-order valence-electron chi connectivity index (χ4n) is 2.89. The summed E-state index contributed by atoms with van der Waals surface area (Å²) in [4.78, 5) is 37.0. The van der Waals surface area contributed by atoms with Gasteiger partial charge in [-0.2, -0.15) is 0 Å². The molecule has 0 radical (unpaired) electrons. The molecule has 3 heterocycles. The largest absolute Gasteiger partial charge is 0.586 e. The lowest BCUT2D eigenvalue weighted by Gasteiger charge is -2.34. The number of nitrogens with zero attached hydrogens (tertiary/aromatic N) is 2. The number of halogens is 2. The topological polar surface area (TPSA) is 147 Å². The number of hydrogen-bond acceptors (Lipinski definition) is 8. The fourth-order valence-corrected chi connectivity index (χ4v) is 2.89. The molecule has 1 aromatic heterocycles. The van der Waals surface area contributed by atoms with Crippen molar-refractivity contribution < 1.29 is 37.4 Å². The molecule has 1 atom stereocenters. The summed E-state index contributed by atoms with van der Waals surface area (Å²) in [5, 5.41) is 0. The van der Waals surface area contributed by atoms with Crippen LogP contribution in [0, 0.1) is 6.92 Å². The van der Waals surface area contributed by atoms with Gasteiger partial charge in [0.1, 0.15) is 11.9 Å². The van der Waals surface area contributed by atoms with E-state index in [-0.39, 0.29) is 24.5 Å². The van der Waals surface area contributed by atoms with Gasteiger partial charge in [0.05, 0.1) is 13.0 Å². The van der Waals surface area contributed by atoms with Crippen LogP contribution >= 0.6 is 0 Å². The molecule has 0 aliphatic carbocycles. The molecule has 1 aromatic carbocycles.